The van der Waals surface area contributed by atoms with Crippen molar-refractivity contribution in [3.8, 4) is 0 Å². The fraction of sp³-hybridized carbons (Fsp3) is 0.0769. The zero-order valence-electron chi connectivity index (χ0n) is 9.80. The summed E-state index contributed by atoms with van der Waals surface area (Å²) in [6.07, 6.45) is 1.66. The Balaban J connectivity index is 2.86. The number of hydrogen-bond acceptors (Lipinski definition) is 3. The van der Waals surface area contributed by atoms with Crippen LogP contribution in [0.5, 0.6) is 0 Å². The number of nitrogens with zero attached hydrogens (tertiary/aromatic N) is 1. The van der Waals surface area contributed by atoms with Crippen LogP contribution in [0.2, 0.25) is 0 Å². The van der Waals surface area contributed by atoms with Gasteiger partial charge in [0.15, 0.2) is 0 Å². The van der Waals surface area contributed by atoms with E-state index >= 15 is 0 Å². The molecular formula is C13H12ClNO2S. The lowest BCUT2D eigenvalue weighted by molar-refractivity contribution is 0.610. The minimum Gasteiger partial charge on any atom is -0.351 e. The SMILES string of the molecule is C=CN(C)c1cccc2c(S(=O)(=O)Cl)cccc12. The highest BCUT2D eigenvalue weighted by Crippen LogP contribution is 2.31. The van der Waals surface area contributed by atoms with E-state index in [1.165, 1.54) is 6.07 Å². The van der Waals surface area contributed by atoms with E-state index < -0.39 is 9.05 Å². The molecule has 5 heteroatoms. The van der Waals surface area contributed by atoms with Gasteiger partial charge in [-0.2, -0.15) is 0 Å². The van der Waals surface area contributed by atoms with Crippen LogP contribution >= 0.6 is 10.7 Å². The highest BCUT2D eigenvalue weighted by atomic mass is 35.7. The molecule has 2 rings (SSSR count). The maximum absolute atomic E-state index is 11.5. The van der Waals surface area contributed by atoms with Gasteiger partial charge >= 0.3 is 0 Å². The van der Waals surface area contributed by atoms with Gasteiger partial charge < -0.3 is 4.90 Å². The van der Waals surface area contributed by atoms with Crippen LogP contribution in [-0.2, 0) is 9.05 Å². The van der Waals surface area contributed by atoms with Crippen LogP contribution in [0.3, 0.4) is 0 Å². The van der Waals surface area contributed by atoms with Crippen molar-refractivity contribution in [3.63, 3.8) is 0 Å². The summed E-state index contributed by atoms with van der Waals surface area (Å²) in [5.41, 5.74) is 0.879. The average Bonchev–Trinajstić information content (AvgIpc) is 2.35. The normalized spacial score (nSPS) is 11.4. The number of halogens is 1. The van der Waals surface area contributed by atoms with Crippen LogP contribution in [0.15, 0.2) is 54.1 Å². The smallest absolute Gasteiger partial charge is 0.261 e. The van der Waals surface area contributed by atoms with Crippen LogP contribution in [0.1, 0.15) is 0 Å². The second-order valence-electron chi connectivity index (χ2n) is 3.86. The van der Waals surface area contributed by atoms with Crippen LogP contribution in [0.4, 0.5) is 5.69 Å². The highest BCUT2D eigenvalue weighted by Gasteiger charge is 2.15. The first kappa shape index (κ1) is 12.9. The molecule has 3 nitrogen and oxygen atoms in total. The predicted octanol–water partition coefficient (Wildman–Crippen LogP) is 3.35. The Bertz CT molecular complexity index is 710. The maximum Gasteiger partial charge on any atom is 0.261 e. The molecular weight excluding hydrogens is 270 g/mol. The van der Waals surface area contributed by atoms with E-state index in [1.54, 1.807) is 24.4 Å². The van der Waals surface area contributed by atoms with Crippen molar-refractivity contribution in [3.05, 3.63) is 49.2 Å². The number of fused-ring (bicyclic) bond motifs is 1. The third kappa shape index (κ3) is 2.21. The summed E-state index contributed by atoms with van der Waals surface area (Å²) >= 11 is 0. The van der Waals surface area contributed by atoms with E-state index in [0.717, 1.165) is 11.1 Å². The van der Waals surface area contributed by atoms with Gasteiger partial charge in [-0.05, 0) is 18.3 Å². The summed E-state index contributed by atoms with van der Waals surface area (Å²) in [7, 11) is 3.54. The van der Waals surface area contributed by atoms with Crippen molar-refractivity contribution in [2.24, 2.45) is 0 Å². The summed E-state index contributed by atoms with van der Waals surface area (Å²) in [4.78, 5) is 1.95. The van der Waals surface area contributed by atoms with Crippen LogP contribution in [-0.4, -0.2) is 15.5 Å². The van der Waals surface area contributed by atoms with E-state index in [2.05, 4.69) is 6.58 Å². The predicted molar refractivity (Wildman–Crippen MR) is 75.6 cm³/mol. The first-order valence-electron chi connectivity index (χ1n) is 5.27. The molecule has 0 saturated heterocycles. The summed E-state index contributed by atoms with van der Waals surface area (Å²) < 4.78 is 23.1. The van der Waals surface area contributed by atoms with Crippen molar-refractivity contribution >= 4 is 36.2 Å². The molecule has 0 radical (unpaired) electrons. The second kappa shape index (κ2) is 4.63. The number of rotatable bonds is 3. The number of hydrogen-bond donors (Lipinski definition) is 0. The Morgan fingerprint density at radius 1 is 1.17 bits per heavy atom. The molecule has 2 aromatic carbocycles. The molecule has 18 heavy (non-hydrogen) atoms. The number of anilines is 1. The third-order valence-corrected chi connectivity index (χ3v) is 4.16. The van der Waals surface area contributed by atoms with Gasteiger partial charge in [0.05, 0.1) is 4.90 Å². The van der Waals surface area contributed by atoms with E-state index in [0.29, 0.717) is 5.39 Å². The van der Waals surface area contributed by atoms with Gasteiger partial charge in [0.25, 0.3) is 9.05 Å². The molecule has 0 aromatic heterocycles. The molecule has 0 atom stereocenters. The van der Waals surface area contributed by atoms with Crippen molar-refractivity contribution < 1.29 is 8.42 Å². The minimum atomic E-state index is -3.75. The standard InChI is InChI=1S/C13H12ClNO2S/c1-3-15(2)12-8-4-7-11-10(12)6-5-9-13(11)18(14,16)17/h3-9H,1H2,2H3. The first-order chi connectivity index (χ1) is 8.45. The molecule has 2 aromatic rings. The van der Waals surface area contributed by atoms with E-state index in [1.807, 2.05) is 24.1 Å². The van der Waals surface area contributed by atoms with Crippen LogP contribution in [0.25, 0.3) is 10.8 Å². The molecule has 0 heterocycles. The summed E-state index contributed by atoms with van der Waals surface area (Å²) in [6, 6.07) is 10.5. The quantitative estimate of drug-likeness (QED) is 0.810. The summed E-state index contributed by atoms with van der Waals surface area (Å²) in [5.74, 6) is 0. The van der Waals surface area contributed by atoms with Crippen molar-refractivity contribution in [2.45, 2.75) is 4.90 Å². The number of benzene rings is 2. The molecule has 0 N–H and O–H groups in total. The highest BCUT2D eigenvalue weighted by molar-refractivity contribution is 8.14. The van der Waals surface area contributed by atoms with Gasteiger partial charge in [-0.15, -0.1) is 0 Å². The third-order valence-electron chi connectivity index (χ3n) is 2.78. The van der Waals surface area contributed by atoms with Crippen LogP contribution in [0, 0.1) is 0 Å². The molecule has 0 aliphatic rings. The molecule has 0 spiro atoms. The molecule has 0 saturated carbocycles. The van der Waals surface area contributed by atoms with E-state index in [9.17, 15) is 8.42 Å². The Hall–Kier alpha value is -1.52. The summed E-state index contributed by atoms with van der Waals surface area (Å²) in [5, 5.41) is 1.43. The maximum atomic E-state index is 11.5. The first-order valence-corrected chi connectivity index (χ1v) is 7.58. The Morgan fingerprint density at radius 2 is 1.78 bits per heavy atom. The minimum absolute atomic E-state index is 0.126. The Labute approximate surface area is 111 Å². The fourth-order valence-electron chi connectivity index (χ4n) is 1.88. The fourth-order valence-corrected chi connectivity index (χ4v) is 2.97. The van der Waals surface area contributed by atoms with E-state index in [4.69, 9.17) is 10.7 Å². The second-order valence-corrected chi connectivity index (χ2v) is 6.39. The monoisotopic (exact) mass is 281 g/mol. The zero-order valence-corrected chi connectivity index (χ0v) is 11.4. The molecule has 0 aliphatic heterocycles. The van der Waals surface area contributed by atoms with Crippen LogP contribution < -0.4 is 4.90 Å². The lowest BCUT2D eigenvalue weighted by atomic mass is 10.1. The lowest BCUT2D eigenvalue weighted by Gasteiger charge is -2.16. The largest absolute Gasteiger partial charge is 0.351 e. The van der Waals surface area contributed by atoms with E-state index in [-0.39, 0.29) is 4.90 Å². The molecule has 0 fully saturated rings. The topological polar surface area (TPSA) is 37.4 Å². The van der Waals surface area contributed by atoms with Crippen molar-refractivity contribution in [2.75, 3.05) is 11.9 Å². The van der Waals surface area contributed by atoms with Gasteiger partial charge in [-0.1, -0.05) is 30.8 Å². The molecule has 0 unspecified atom stereocenters. The van der Waals surface area contributed by atoms with Crippen molar-refractivity contribution in [1.82, 2.24) is 0 Å². The molecule has 0 aliphatic carbocycles. The van der Waals surface area contributed by atoms with Gasteiger partial charge in [0.1, 0.15) is 0 Å². The average molecular weight is 282 g/mol. The Kier molecular flexibility index (Phi) is 3.32. The lowest BCUT2D eigenvalue weighted by Crippen LogP contribution is -2.07. The van der Waals surface area contributed by atoms with Gasteiger partial charge in [0.2, 0.25) is 0 Å². The van der Waals surface area contributed by atoms with Crippen molar-refractivity contribution in [1.29, 1.82) is 0 Å². The molecule has 94 valence electrons. The zero-order chi connectivity index (χ0) is 13.3. The Morgan fingerprint density at radius 3 is 2.39 bits per heavy atom. The van der Waals surface area contributed by atoms with Gasteiger partial charge in [-0.3, -0.25) is 0 Å². The molecule has 0 bridgehead atoms. The van der Waals surface area contributed by atoms with Gasteiger partial charge in [0, 0.05) is 34.2 Å². The summed E-state index contributed by atoms with van der Waals surface area (Å²) in [6.45, 7) is 3.70. The molecule has 0 amide bonds. The van der Waals surface area contributed by atoms with Gasteiger partial charge in [-0.25, -0.2) is 8.42 Å².